The molecule has 0 aromatic carbocycles. The number of halogens is 1. The lowest BCUT2D eigenvalue weighted by Crippen LogP contribution is -2.41. The predicted octanol–water partition coefficient (Wildman–Crippen LogP) is 1.54. The molecule has 0 amide bonds. The zero-order chi connectivity index (χ0) is 9.99. The van der Waals surface area contributed by atoms with Crippen LogP contribution in [0.3, 0.4) is 0 Å². The molecule has 0 bridgehead atoms. The second-order valence-electron chi connectivity index (χ2n) is 3.37. The van der Waals surface area contributed by atoms with Crippen LogP contribution in [-0.2, 0) is 10.3 Å². The van der Waals surface area contributed by atoms with Gasteiger partial charge < -0.3 is 0 Å². The molecule has 0 aliphatic heterocycles. The first-order valence-electron chi connectivity index (χ1n) is 3.58. The largest absolute Gasteiger partial charge is 0.334 e. The summed E-state index contributed by atoms with van der Waals surface area (Å²) in [7, 11) is -4.12. The van der Waals surface area contributed by atoms with Gasteiger partial charge in [0.15, 0.2) is 0 Å². The Hall–Kier alpha value is 0.350. The average molecular weight is 260 g/mol. The van der Waals surface area contributed by atoms with Crippen molar-refractivity contribution in [3.63, 3.8) is 0 Å². The minimum absolute atomic E-state index is 0.337. The summed E-state index contributed by atoms with van der Waals surface area (Å²) in [5.41, 5.74) is 0. The van der Waals surface area contributed by atoms with Gasteiger partial charge >= 0.3 is 10.3 Å². The van der Waals surface area contributed by atoms with Crippen molar-refractivity contribution in [1.82, 2.24) is 4.72 Å². The van der Waals surface area contributed by atoms with Gasteiger partial charge in [-0.1, -0.05) is 29.8 Å². The molecule has 0 aliphatic rings. The Balaban J connectivity index is 4.23. The van der Waals surface area contributed by atoms with E-state index in [9.17, 15) is 8.42 Å². The third-order valence-electron chi connectivity index (χ3n) is 1.13. The van der Waals surface area contributed by atoms with Crippen molar-refractivity contribution in [1.29, 1.82) is 0 Å². The molecule has 0 spiro atoms. The van der Waals surface area contributed by atoms with Gasteiger partial charge in [-0.2, -0.15) is 13.1 Å². The van der Waals surface area contributed by atoms with Crippen molar-refractivity contribution < 1.29 is 13.0 Å². The average Bonchev–Trinajstić information content (AvgIpc) is 1.48. The summed E-state index contributed by atoms with van der Waals surface area (Å²) in [4.78, 5) is 0. The smallest absolute Gasteiger partial charge is 0.273 e. The first-order valence-corrected chi connectivity index (χ1v) is 5.81. The maximum absolute atomic E-state index is 10.4. The second-order valence-corrected chi connectivity index (χ2v) is 6.28. The van der Waals surface area contributed by atoms with Crippen LogP contribution in [0.2, 0.25) is 0 Å². The van der Waals surface area contributed by atoms with E-state index >= 15 is 0 Å². The van der Waals surface area contributed by atoms with Gasteiger partial charge in [0.2, 0.25) is 0 Å². The van der Waals surface area contributed by atoms with Crippen molar-refractivity contribution in [2.75, 3.05) is 0 Å². The molecule has 0 aromatic heterocycles. The fourth-order valence-electron chi connectivity index (χ4n) is 1.08. The summed E-state index contributed by atoms with van der Waals surface area (Å²) in [6.45, 7) is 5.58. The molecule has 1 atom stereocenters. The summed E-state index contributed by atoms with van der Waals surface area (Å²) < 4.78 is 30.7. The van der Waals surface area contributed by atoms with Crippen LogP contribution < -0.4 is 4.72 Å². The van der Waals surface area contributed by atoms with Gasteiger partial charge in [-0.25, -0.2) is 0 Å². The Bertz CT molecular complexity index is 235. The maximum Gasteiger partial charge on any atom is 0.334 e. The third-order valence-corrected chi connectivity index (χ3v) is 2.63. The van der Waals surface area contributed by atoms with Crippen molar-refractivity contribution in [3.8, 4) is 0 Å². The molecule has 0 aliphatic carbocycles. The van der Waals surface area contributed by atoms with E-state index in [4.69, 9.17) is 4.55 Å². The normalized spacial score (nSPS) is 17.8. The lowest BCUT2D eigenvalue weighted by molar-refractivity contribution is 0.418. The van der Waals surface area contributed by atoms with E-state index in [0.29, 0.717) is 12.3 Å². The lowest BCUT2D eigenvalue weighted by Gasteiger charge is -2.23. The summed E-state index contributed by atoms with van der Waals surface area (Å²) in [5.74, 6) is 0.337. The van der Waals surface area contributed by atoms with Crippen LogP contribution in [0.1, 0.15) is 27.2 Å². The molecular weight excluding hydrogens is 246 g/mol. The molecule has 0 aromatic rings. The molecule has 1 unspecified atom stereocenters. The van der Waals surface area contributed by atoms with E-state index in [2.05, 4.69) is 20.7 Å². The molecule has 0 rings (SSSR count). The van der Waals surface area contributed by atoms with Gasteiger partial charge in [0, 0.05) is 0 Å². The maximum atomic E-state index is 10.4. The molecule has 0 saturated carbocycles. The lowest BCUT2D eigenvalue weighted by atomic mass is 10.1. The van der Waals surface area contributed by atoms with E-state index in [1.165, 1.54) is 0 Å². The predicted molar refractivity (Wildman–Crippen MR) is 51.5 cm³/mol. The van der Waals surface area contributed by atoms with Gasteiger partial charge in [0.25, 0.3) is 0 Å². The van der Waals surface area contributed by atoms with Gasteiger partial charge in [-0.3, -0.25) is 4.55 Å². The fraction of sp³-hybridized carbons (Fsp3) is 1.00. The molecule has 2 N–H and O–H groups in total. The third kappa shape index (κ3) is 7.02. The molecule has 12 heavy (non-hydrogen) atoms. The zero-order valence-electron chi connectivity index (χ0n) is 7.33. The number of hydrogen-bond acceptors (Lipinski definition) is 2. The van der Waals surface area contributed by atoms with Crippen molar-refractivity contribution in [3.05, 3.63) is 0 Å². The van der Waals surface area contributed by atoms with Crippen LogP contribution in [0.5, 0.6) is 0 Å². The van der Waals surface area contributed by atoms with Crippen molar-refractivity contribution >= 4 is 26.2 Å². The highest BCUT2D eigenvalue weighted by Crippen LogP contribution is 2.23. The molecule has 0 fully saturated rings. The van der Waals surface area contributed by atoms with Crippen molar-refractivity contribution in [2.45, 2.75) is 31.6 Å². The van der Waals surface area contributed by atoms with Crippen LogP contribution in [-0.4, -0.2) is 17.4 Å². The van der Waals surface area contributed by atoms with Crippen molar-refractivity contribution in [2.24, 2.45) is 5.92 Å². The second kappa shape index (κ2) is 4.04. The molecule has 6 heteroatoms. The van der Waals surface area contributed by atoms with E-state index < -0.39 is 14.8 Å². The molecule has 0 radical (unpaired) electrons. The molecule has 74 valence electrons. The summed E-state index contributed by atoms with van der Waals surface area (Å²) in [6.07, 6.45) is 0.604. The molecular formula is C6H14BrNO3S. The molecule has 0 heterocycles. The topological polar surface area (TPSA) is 66.4 Å². The Labute approximate surface area is 81.7 Å². The SMILES string of the molecule is CC(C)CC(C)(Br)NS(=O)(=O)O. The first-order chi connectivity index (χ1) is 5.12. The van der Waals surface area contributed by atoms with Crippen LogP contribution in [0.25, 0.3) is 0 Å². The van der Waals surface area contributed by atoms with Gasteiger partial charge in [0.1, 0.15) is 0 Å². The van der Waals surface area contributed by atoms with Gasteiger partial charge in [-0.15, -0.1) is 0 Å². The quantitative estimate of drug-likeness (QED) is 0.457. The molecule has 4 nitrogen and oxygen atoms in total. The summed E-state index contributed by atoms with van der Waals surface area (Å²) in [6, 6.07) is 0. The Morgan fingerprint density at radius 2 is 2.00 bits per heavy atom. The van der Waals surface area contributed by atoms with Gasteiger partial charge in [-0.05, 0) is 19.3 Å². The Morgan fingerprint density at radius 1 is 1.58 bits per heavy atom. The molecule has 0 saturated heterocycles. The van der Waals surface area contributed by atoms with E-state index in [-0.39, 0.29) is 0 Å². The number of nitrogens with one attached hydrogen (secondary N) is 1. The Kier molecular flexibility index (Phi) is 4.16. The minimum atomic E-state index is -4.12. The van der Waals surface area contributed by atoms with Crippen LogP contribution in [0, 0.1) is 5.92 Å². The van der Waals surface area contributed by atoms with Crippen LogP contribution in [0.15, 0.2) is 0 Å². The zero-order valence-corrected chi connectivity index (χ0v) is 9.74. The van der Waals surface area contributed by atoms with Crippen LogP contribution >= 0.6 is 15.9 Å². The van der Waals surface area contributed by atoms with E-state index in [1.54, 1.807) is 6.92 Å². The van der Waals surface area contributed by atoms with E-state index in [0.717, 1.165) is 0 Å². The fourth-order valence-corrected chi connectivity index (χ4v) is 2.96. The summed E-state index contributed by atoms with van der Waals surface area (Å²) in [5, 5.41) is 0. The minimum Gasteiger partial charge on any atom is -0.273 e. The van der Waals surface area contributed by atoms with Gasteiger partial charge in [0.05, 0.1) is 4.45 Å². The number of rotatable bonds is 4. The standard InChI is InChI=1S/C6H14BrNO3S/c1-5(2)4-6(3,7)8-12(9,10)11/h5,8H,4H2,1-3H3,(H,9,10,11). The highest BCUT2D eigenvalue weighted by molar-refractivity contribution is 9.10. The first kappa shape index (κ1) is 12.3. The monoisotopic (exact) mass is 259 g/mol. The number of hydrogen-bond donors (Lipinski definition) is 2. The van der Waals surface area contributed by atoms with E-state index in [1.807, 2.05) is 13.8 Å². The highest BCUT2D eigenvalue weighted by atomic mass is 79.9. The number of alkyl halides is 1. The van der Waals surface area contributed by atoms with Crippen LogP contribution in [0.4, 0.5) is 0 Å². The highest BCUT2D eigenvalue weighted by Gasteiger charge is 2.26. The Morgan fingerprint density at radius 3 is 2.25 bits per heavy atom. The summed E-state index contributed by atoms with van der Waals surface area (Å²) >= 11 is 3.17.